The maximum atomic E-state index is 12.8. The predicted molar refractivity (Wildman–Crippen MR) is 102 cm³/mol. The molecule has 0 radical (unpaired) electrons. The Morgan fingerprint density at radius 2 is 1.73 bits per heavy atom. The molecule has 0 saturated carbocycles. The molecule has 0 aromatic heterocycles. The quantitative estimate of drug-likeness (QED) is 0.828. The number of likely N-dealkylation sites (N-methyl/N-ethyl adjacent to an activating group) is 1. The number of carbonyl (C=O) groups excluding carboxylic acids is 1. The molecule has 138 valence electrons. The topological polar surface area (TPSA) is 42.0 Å². The van der Waals surface area contributed by atoms with Gasteiger partial charge in [-0.25, -0.2) is 0 Å². The number of nitrogens with zero attached hydrogens (tertiary/aromatic N) is 2. The van der Waals surface area contributed by atoms with Gasteiger partial charge in [0.15, 0.2) is 0 Å². The number of methoxy groups -OCH3 is 1. The van der Waals surface area contributed by atoms with Crippen molar-refractivity contribution in [1.29, 1.82) is 0 Å². The summed E-state index contributed by atoms with van der Waals surface area (Å²) in [6.07, 6.45) is 0. The van der Waals surface area contributed by atoms with Gasteiger partial charge in [0.2, 0.25) is 0 Å². The average Bonchev–Trinajstić information content (AvgIpc) is 2.67. The second kappa shape index (κ2) is 8.23. The maximum Gasteiger partial charge on any atom is 0.253 e. The minimum Gasteiger partial charge on any atom is -0.496 e. The minimum atomic E-state index is 0.0670. The lowest BCUT2D eigenvalue weighted by Gasteiger charge is -2.32. The van der Waals surface area contributed by atoms with Gasteiger partial charge in [-0.1, -0.05) is 17.7 Å². The van der Waals surface area contributed by atoms with Crippen molar-refractivity contribution < 1.29 is 14.3 Å². The van der Waals surface area contributed by atoms with Crippen LogP contribution in [0.3, 0.4) is 0 Å². The van der Waals surface area contributed by atoms with Gasteiger partial charge in [-0.15, -0.1) is 0 Å². The van der Waals surface area contributed by atoms with Crippen LogP contribution < -0.4 is 9.47 Å². The summed E-state index contributed by atoms with van der Waals surface area (Å²) >= 11 is 0. The number of ether oxygens (including phenoxy) is 2. The highest BCUT2D eigenvalue weighted by Gasteiger charge is 2.21. The van der Waals surface area contributed by atoms with Crippen molar-refractivity contribution in [2.75, 3.05) is 40.3 Å². The summed E-state index contributed by atoms with van der Waals surface area (Å²) in [6, 6.07) is 13.5. The molecular formula is C21H26N2O3. The van der Waals surface area contributed by atoms with E-state index in [0.717, 1.165) is 43.2 Å². The molecule has 5 heteroatoms. The molecule has 0 unspecified atom stereocenters. The molecule has 1 aliphatic rings. The van der Waals surface area contributed by atoms with Crippen LogP contribution in [0.5, 0.6) is 11.5 Å². The fraction of sp³-hybridized carbons (Fsp3) is 0.381. The lowest BCUT2D eigenvalue weighted by atomic mass is 10.1. The fourth-order valence-corrected chi connectivity index (χ4v) is 3.01. The third-order valence-electron chi connectivity index (χ3n) is 4.73. The average molecular weight is 354 g/mol. The van der Waals surface area contributed by atoms with Gasteiger partial charge in [-0.3, -0.25) is 4.79 Å². The zero-order valence-corrected chi connectivity index (χ0v) is 15.7. The summed E-state index contributed by atoms with van der Waals surface area (Å²) in [4.78, 5) is 16.9. The number of rotatable bonds is 5. The van der Waals surface area contributed by atoms with Crippen LogP contribution in [0.1, 0.15) is 21.5 Å². The molecule has 0 N–H and O–H groups in total. The van der Waals surface area contributed by atoms with Crippen LogP contribution in [-0.2, 0) is 6.61 Å². The normalized spacial score (nSPS) is 15.0. The van der Waals surface area contributed by atoms with E-state index in [-0.39, 0.29) is 5.91 Å². The minimum absolute atomic E-state index is 0.0670. The molecule has 3 rings (SSSR count). The number of piperazine rings is 1. The fourth-order valence-electron chi connectivity index (χ4n) is 3.01. The van der Waals surface area contributed by atoms with E-state index < -0.39 is 0 Å². The number of amides is 1. The summed E-state index contributed by atoms with van der Waals surface area (Å²) < 4.78 is 11.3. The zero-order chi connectivity index (χ0) is 18.5. The van der Waals surface area contributed by atoms with Gasteiger partial charge in [0.1, 0.15) is 18.1 Å². The summed E-state index contributed by atoms with van der Waals surface area (Å²) in [7, 11) is 3.71. The van der Waals surface area contributed by atoms with Gasteiger partial charge in [0.25, 0.3) is 5.91 Å². The maximum absolute atomic E-state index is 12.8. The van der Waals surface area contributed by atoms with E-state index in [4.69, 9.17) is 9.47 Å². The second-order valence-corrected chi connectivity index (χ2v) is 6.72. The van der Waals surface area contributed by atoms with Crippen LogP contribution in [-0.4, -0.2) is 56.0 Å². The van der Waals surface area contributed by atoms with Gasteiger partial charge < -0.3 is 19.3 Å². The molecule has 1 saturated heterocycles. The molecule has 26 heavy (non-hydrogen) atoms. The van der Waals surface area contributed by atoms with E-state index >= 15 is 0 Å². The van der Waals surface area contributed by atoms with Crippen LogP contribution in [0, 0.1) is 6.92 Å². The van der Waals surface area contributed by atoms with Gasteiger partial charge in [0.05, 0.1) is 7.11 Å². The molecule has 2 aromatic carbocycles. The third kappa shape index (κ3) is 4.35. The Hall–Kier alpha value is -2.53. The first-order valence-electron chi connectivity index (χ1n) is 8.91. The lowest BCUT2D eigenvalue weighted by molar-refractivity contribution is 0.0664. The largest absolute Gasteiger partial charge is 0.496 e. The van der Waals surface area contributed by atoms with E-state index in [1.54, 1.807) is 7.11 Å². The molecular weight excluding hydrogens is 328 g/mol. The van der Waals surface area contributed by atoms with Gasteiger partial charge in [-0.2, -0.15) is 0 Å². The summed E-state index contributed by atoms with van der Waals surface area (Å²) in [6.45, 7) is 5.74. The summed E-state index contributed by atoms with van der Waals surface area (Å²) in [5.74, 6) is 1.60. The standard InChI is InChI=1S/C21H26N2O3/c1-16-4-7-19(8-5-16)26-15-18-14-17(6-9-20(18)25-3)21(24)23-12-10-22(2)11-13-23/h4-9,14H,10-13,15H2,1-3H3. The van der Waals surface area contributed by atoms with Crippen molar-refractivity contribution in [3.05, 3.63) is 59.2 Å². The summed E-state index contributed by atoms with van der Waals surface area (Å²) in [5.41, 5.74) is 2.74. The van der Waals surface area contributed by atoms with E-state index in [0.29, 0.717) is 12.2 Å². The molecule has 0 bridgehead atoms. The zero-order valence-electron chi connectivity index (χ0n) is 15.7. The second-order valence-electron chi connectivity index (χ2n) is 6.72. The number of hydrogen-bond donors (Lipinski definition) is 0. The molecule has 0 atom stereocenters. The Morgan fingerprint density at radius 1 is 1.04 bits per heavy atom. The van der Waals surface area contributed by atoms with Crippen molar-refractivity contribution in [1.82, 2.24) is 9.80 Å². The van der Waals surface area contributed by atoms with Crippen LogP contribution in [0.2, 0.25) is 0 Å². The third-order valence-corrected chi connectivity index (χ3v) is 4.73. The molecule has 1 aliphatic heterocycles. The van der Waals surface area contributed by atoms with E-state index in [1.807, 2.05) is 54.3 Å². The Kier molecular flexibility index (Phi) is 5.78. The van der Waals surface area contributed by atoms with Gasteiger partial charge >= 0.3 is 0 Å². The molecule has 0 aliphatic carbocycles. The highest BCUT2D eigenvalue weighted by molar-refractivity contribution is 5.94. The predicted octanol–water partition coefficient (Wildman–Crippen LogP) is 2.97. The highest BCUT2D eigenvalue weighted by Crippen LogP contribution is 2.23. The molecule has 2 aromatic rings. The van der Waals surface area contributed by atoms with Crippen molar-refractivity contribution in [3.63, 3.8) is 0 Å². The monoisotopic (exact) mass is 354 g/mol. The molecule has 5 nitrogen and oxygen atoms in total. The Morgan fingerprint density at radius 3 is 2.38 bits per heavy atom. The van der Waals surface area contributed by atoms with Crippen LogP contribution in [0.4, 0.5) is 0 Å². The molecule has 0 spiro atoms. The summed E-state index contributed by atoms with van der Waals surface area (Å²) in [5, 5.41) is 0. The van der Waals surface area contributed by atoms with E-state index in [2.05, 4.69) is 11.9 Å². The van der Waals surface area contributed by atoms with E-state index in [1.165, 1.54) is 5.56 Å². The highest BCUT2D eigenvalue weighted by atomic mass is 16.5. The first-order valence-corrected chi connectivity index (χ1v) is 8.91. The van der Waals surface area contributed by atoms with Gasteiger partial charge in [-0.05, 0) is 44.3 Å². The molecule has 1 amide bonds. The van der Waals surface area contributed by atoms with E-state index in [9.17, 15) is 4.79 Å². The number of benzene rings is 2. The van der Waals surface area contributed by atoms with Crippen LogP contribution in [0.15, 0.2) is 42.5 Å². The Balaban J connectivity index is 1.73. The van der Waals surface area contributed by atoms with Crippen LogP contribution >= 0.6 is 0 Å². The van der Waals surface area contributed by atoms with Crippen LogP contribution in [0.25, 0.3) is 0 Å². The van der Waals surface area contributed by atoms with Crippen molar-refractivity contribution in [2.45, 2.75) is 13.5 Å². The van der Waals surface area contributed by atoms with Gasteiger partial charge in [0, 0.05) is 37.3 Å². The molecule has 1 fully saturated rings. The first-order chi connectivity index (χ1) is 12.6. The van der Waals surface area contributed by atoms with Crippen molar-refractivity contribution in [2.24, 2.45) is 0 Å². The number of carbonyl (C=O) groups is 1. The lowest BCUT2D eigenvalue weighted by Crippen LogP contribution is -2.47. The SMILES string of the molecule is COc1ccc(C(=O)N2CCN(C)CC2)cc1COc1ccc(C)cc1. The molecule has 1 heterocycles. The Labute approximate surface area is 155 Å². The Bertz CT molecular complexity index is 750. The smallest absolute Gasteiger partial charge is 0.253 e. The number of aryl methyl sites for hydroxylation is 1. The van der Waals surface area contributed by atoms with Crippen molar-refractivity contribution in [3.8, 4) is 11.5 Å². The number of hydrogen-bond acceptors (Lipinski definition) is 4. The van der Waals surface area contributed by atoms with Crippen molar-refractivity contribution >= 4 is 5.91 Å². The first kappa shape index (κ1) is 18.3.